The third-order valence-corrected chi connectivity index (χ3v) is 3.17. The highest BCUT2D eigenvalue weighted by Gasteiger charge is 2.24. The van der Waals surface area contributed by atoms with Crippen molar-refractivity contribution in [2.45, 2.75) is 38.1 Å². The van der Waals surface area contributed by atoms with E-state index in [0.717, 1.165) is 12.8 Å². The molecule has 2 rings (SSSR count). The fraction of sp³-hybridized carbons (Fsp3) is 0.467. The molecule has 2 amide bonds. The van der Waals surface area contributed by atoms with Gasteiger partial charge in [-0.2, -0.15) is 0 Å². The smallest absolute Gasteiger partial charge is 0.253 e. The molecule has 3 N–H and O–H groups in total. The van der Waals surface area contributed by atoms with Gasteiger partial charge in [0.2, 0.25) is 5.91 Å². The summed E-state index contributed by atoms with van der Waals surface area (Å²) in [7, 11) is 0. The van der Waals surface area contributed by atoms with Crippen LogP contribution in [0.3, 0.4) is 0 Å². The van der Waals surface area contributed by atoms with Crippen LogP contribution in [0.5, 0.6) is 0 Å². The van der Waals surface area contributed by atoms with Gasteiger partial charge in [0.25, 0.3) is 5.91 Å². The molecular weight excluding hydrogens is 256 g/mol. The summed E-state index contributed by atoms with van der Waals surface area (Å²) >= 11 is 0. The van der Waals surface area contributed by atoms with E-state index in [4.69, 9.17) is 5.11 Å². The second-order valence-electron chi connectivity index (χ2n) is 5.02. The number of nitrogens with one attached hydrogen (secondary N) is 2. The lowest BCUT2D eigenvalue weighted by Crippen LogP contribution is -2.26. The minimum absolute atomic E-state index is 0.0909. The molecule has 0 atom stereocenters. The number of benzene rings is 1. The molecule has 1 aromatic rings. The van der Waals surface area contributed by atoms with Crippen molar-refractivity contribution in [3.8, 4) is 0 Å². The standard InChI is InChI=1S/C15H20N2O3/c18-10-4-3-7-14(19)17-13-6-2-1-5-12(13)15(20)16-11-8-9-11/h1-2,5-6,11,18H,3-4,7-10H2,(H,16,20)(H,17,19). The van der Waals surface area contributed by atoms with Gasteiger partial charge in [0.1, 0.15) is 0 Å². The summed E-state index contributed by atoms with van der Waals surface area (Å²) in [6.07, 6.45) is 3.65. The zero-order chi connectivity index (χ0) is 14.4. The first kappa shape index (κ1) is 14.5. The molecule has 0 heterocycles. The number of hydrogen-bond acceptors (Lipinski definition) is 3. The first-order valence-corrected chi connectivity index (χ1v) is 7.01. The van der Waals surface area contributed by atoms with E-state index in [9.17, 15) is 9.59 Å². The highest BCUT2D eigenvalue weighted by molar-refractivity contribution is 6.03. The number of aliphatic hydroxyl groups excluding tert-OH is 1. The zero-order valence-corrected chi connectivity index (χ0v) is 11.4. The highest BCUT2D eigenvalue weighted by Crippen LogP contribution is 2.21. The van der Waals surface area contributed by atoms with Gasteiger partial charge in [0.15, 0.2) is 0 Å². The van der Waals surface area contributed by atoms with E-state index in [-0.39, 0.29) is 24.5 Å². The number of unbranched alkanes of at least 4 members (excludes halogenated alkanes) is 1. The molecule has 0 bridgehead atoms. The molecule has 0 aliphatic heterocycles. The van der Waals surface area contributed by atoms with Crippen molar-refractivity contribution in [1.82, 2.24) is 5.32 Å². The zero-order valence-electron chi connectivity index (χ0n) is 11.4. The average molecular weight is 276 g/mol. The number of aliphatic hydroxyl groups is 1. The summed E-state index contributed by atoms with van der Waals surface area (Å²) in [6.45, 7) is 0.0909. The maximum atomic E-state index is 12.1. The Morgan fingerprint density at radius 2 is 1.95 bits per heavy atom. The van der Waals surface area contributed by atoms with Crippen LogP contribution in [0.1, 0.15) is 42.5 Å². The van der Waals surface area contributed by atoms with Crippen LogP contribution < -0.4 is 10.6 Å². The van der Waals surface area contributed by atoms with Crippen molar-refractivity contribution in [1.29, 1.82) is 0 Å². The Morgan fingerprint density at radius 3 is 2.65 bits per heavy atom. The van der Waals surface area contributed by atoms with Gasteiger partial charge in [0, 0.05) is 19.1 Å². The minimum atomic E-state index is -0.140. The molecule has 0 aromatic heterocycles. The Balaban J connectivity index is 1.95. The van der Waals surface area contributed by atoms with Gasteiger partial charge in [-0.05, 0) is 37.8 Å². The third kappa shape index (κ3) is 4.35. The van der Waals surface area contributed by atoms with Gasteiger partial charge in [-0.15, -0.1) is 0 Å². The molecule has 1 fully saturated rings. The Labute approximate surface area is 118 Å². The number of carbonyl (C=O) groups excluding carboxylic acids is 2. The van der Waals surface area contributed by atoms with Crippen LogP contribution in [0.25, 0.3) is 0 Å². The maximum absolute atomic E-state index is 12.1. The lowest BCUT2D eigenvalue weighted by Gasteiger charge is -2.11. The van der Waals surface area contributed by atoms with Gasteiger partial charge in [-0.25, -0.2) is 0 Å². The Kier molecular flexibility index (Phi) is 5.12. The molecule has 1 aliphatic rings. The van der Waals surface area contributed by atoms with E-state index >= 15 is 0 Å². The molecule has 0 radical (unpaired) electrons. The fourth-order valence-corrected chi connectivity index (χ4v) is 1.89. The van der Waals surface area contributed by atoms with Gasteiger partial charge in [-0.1, -0.05) is 12.1 Å². The number of carbonyl (C=O) groups is 2. The van der Waals surface area contributed by atoms with Crippen LogP contribution in [-0.4, -0.2) is 29.6 Å². The second-order valence-corrected chi connectivity index (χ2v) is 5.02. The van der Waals surface area contributed by atoms with Gasteiger partial charge in [0.05, 0.1) is 11.3 Å². The molecule has 5 nitrogen and oxygen atoms in total. The highest BCUT2D eigenvalue weighted by atomic mass is 16.3. The predicted molar refractivity (Wildman–Crippen MR) is 76.5 cm³/mol. The van der Waals surface area contributed by atoms with E-state index in [1.165, 1.54) is 0 Å². The number of amides is 2. The summed E-state index contributed by atoms with van der Waals surface area (Å²) in [5, 5.41) is 14.4. The van der Waals surface area contributed by atoms with Crippen molar-refractivity contribution in [2.24, 2.45) is 0 Å². The number of anilines is 1. The van der Waals surface area contributed by atoms with Gasteiger partial charge >= 0.3 is 0 Å². The monoisotopic (exact) mass is 276 g/mol. The average Bonchev–Trinajstić information content (AvgIpc) is 3.23. The predicted octanol–water partition coefficient (Wildman–Crippen LogP) is 1.68. The normalized spacial score (nSPS) is 13.8. The molecule has 1 aromatic carbocycles. The van der Waals surface area contributed by atoms with Gasteiger partial charge in [-0.3, -0.25) is 9.59 Å². The maximum Gasteiger partial charge on any atom is 0.253 e. The molecule has 0 unspecified atom stereocenters. The molecule has 0 saturated heterocycles. The van der Waals surface area contributed by atoms with Crippen molar-refractivity contribution >= 4 is 17.5 Å². The molecule has 5 heteroatoms. The molecule has 1 aliphatic carbocycles. The van der Waals surface area contributed by atoms with Crippen LogP contribution >= 0.6 is 0 Å². The summed E-state index contributed by atoms with van der Waals surface area (Å²) in [4.78, 5) is 23.8. The largest absolute Gasteiger partial charge is 0.396 e. The molecule has 0 spiro atoms. The van der Waals surface area contributed by atoms with Crippen molar-refractivity contribution in [2.75, 3.05) is 11.9 Å². The topological polar surface area (TPSA) is 78.4 Å². The van der Waals surface area contributed by atoms with Crippen LogP contribution in [-0.2, 0) is 4.79 Å². The number of para-hydroxylation sites is 1. The first-order valence-electron chi connectivity index (χ1n) is 7.01. The molecule has 108 valence electrons. The quantitative estimate of drug-likeness (QED) is 0.663. The lowest BCUT2D eigenvalue weighted by molar-refractivity contribution is -0.116. The van der Waals surface area contributed by atoms with Crippen LogP contribution in [0.4, 0.5) is 5.69 Å². The van der Waals surface area contributed by atoms with Crippen molar-refractivity contribution in [3.63, 3.8) is 0 Å². The van der Waals surface area contributed by atoms with E-state index in [1.807, 2.05) is 0 Å². The summed E-state index contributed by atoms with van der Waals surface area (Å²) in [5.41, 5.74) is 1.04. The SMILES string of the molecule is O=C(CCCCO)Nc1ccccc1C(=O)NC1CC1. The second kappa shape index (κ2) is 7.05. The number of rotatable bonds is 7. The molecular formula is C15H20N2O3. The van der Waals surface area contributed by atoms with E-state index in [2.05, 4.69) is 10.6 Å². The van der Waals surface area contributed by atoms with Crippen LogP contribution in [0.2, 0.25) is 0 Å². The fourth-order valence-electron chi connectivity index (χ4n) is 1.89. The summed E-state index contributed by atoms with van der Waals surface area (Å²) in [6, 6.07) is 7.30. The summed E-state index contributed by atoms with van der Waals surface area (Å²) < 4.78 is 0. The van der Waals surface area contributed by atoms with Crippen LogP contribution in [0.15, 0.2) is 24.3 Å². The van der Waals surface area contributed by atoms with Gasteiger partial charge < -0.3 is 15.7 Å². The Bertz CT molecular complexity index is 484. The number of hydrogen-bond donors (Lipinski definition) is 3. The van der Waals surface area contributed by atoms with E-state index < -0.39 is 0 Å². The molecule has 20 heavy (non-hydrogen) atoms. The van der Waals surface area contributed by atoms with E-state index in [0.29, 0.717) is 30.5 Å². The minimum Gasteiger partial charge on any atom is -0.396 e. The Hall–Kier alpha value is -1.88. The Morgan fingerprint density at radius 1 is 1.20 bits per heavy atom. The first-order chi connectivity index (χ1) is 9.70. The van der Waals surface area contributed by atoms with Crippen molar-refractivity contribution in [3.05, 3.63) is 29.8 Å². The molecule has 1 saturated carbocycles. The van der Waals surface area contributed by atoms with Crippen LogP contribution in [0, 0.1) is 0 Å². The third-order valence-electron chi connectivity index (χ3n) is 3.17. The van der Waals surface area contributed by atoms with Crippen molar-refractivity contribution < 1.29 is 14.7 Å². The lowest BCUT2D eigenvalue weighted by atomic mass is 10.1. The van der Waals surface area contributed by atoms with E-state index in [1.54, 1.807) is 24.3 Å². The summed E-state index contributed by atoms with van der Waals surface area (Å²) in [5.74, 6) is -0.274.